The molecule has 0 bridgehead atoms. The monoisotopic (exact) mass is 296 g/mol. The van der Waals surface area contributed by atoms with Crippen LogP contribution in [-0.2, 0) is 15.5 Å². The smallest absolute Gasteiger partial charge is 0.392 e. The normalized spacial score (nSPS) is 20.0. The van der Waals surface area contributed by atoms with Crippen LogP contribution in [0.4, 0.5) is 13.2 Å². The third-order valence-corrected chi connectivity index (χ3v) is 3.81. The number of hydrogen-bond donors (Lipinski definition) is 0. The first-order chi connectivity index (χ1) is 9.53. The van der Waals surface area contributed by atoms with E-state index in [0.717, 1.165) is 6.07 Å². The minimum atomic E-state index is -4.43. The van der Waals surface area contributed by atoms with E-state index in [9.17, 15) is 13.2 Å². The van der Waals surface area contributed by atoms with Gasteiger partial charge >= 0.3 is 13.3 Å². The molecule has 0 aromatic heterocycles. The highest BCUT2D eigenvalue weighted by Crippen LogP contribution is 2.36. The second-order valence-corrected chi connectivity index (χ2v) is 5.90. The molecule has 0 amide bonds. The summed E-state index contributed by atoms with van der Waals surface area (Å²) in [6.45, 7) is 7.44. The van der Waals surface area contributed by atoms with Crippen LogP contribution in [0.25, 0.3) is 0 Å². The zero-order valence-corrected chi connectivity index (χ0v) is 12.3. The molecule has 0 aliphatic carbocycles. The number of rotatable bonds is 0. The van der Waals surface area contributed by atoms with Crippen LogP contribution in [0.5, 0.6) is 0 Å². The maximum absolute atomic E-state index is 12.9. The van der Waals surface area contributed by atoms with Crippen LogP contribution >= 0.6 is 0 Å². The Kier molecular flexibility index (Phi) is 3.85. The maximum Gasteiger partial charge on any atom is 0.551 e. The van der Waals surface area contributed by atoms with Crippen molar-refractivity contribution in [3.8, 4) is 11.7 Å². The predicted molar refractivity (Wildman–Crippen MR) is 74.4 cm³/mol. The van der Waals surface area contributed by atoms with Crippen molar-refractivity contribution in [2.45, 2.75) is 45.1 Å². The van der Waals surface area contributed by atoms with Gasteiger partial charge in [0.1, 0.15) is 0 Å². The van der Waals surface area contributed by atoms with Gasteiger partial charge < -0.3 is 9.31 Å². The Labute approximate surface area is 122 Å². The van der Waals surface area contributed by atoms with E-state index in [1.54, 1.807) is 0 Å². The molecule has 1 aromatic rings. The Morgan fingerprint density at radius 1 is 1.00 bits per heavy atom. The molecular weight excluding hydrogens is 280 g/mol. The second kappa shape index (κ2) is 5.08. The van der Waals surface area contributed by atoms with E-state index in [4.69, 9.17) is 9.31 Å². The van der Waals surface area contributed by atoms with Crippen LogP contribution in [0.3, 0.4) is 0 Å². The summed E-state index contributed by atoms with van der Waals surface area (Å²) < 4.78 is 49.9. The minimum Gasteiger partial charge on any atom is -0.392 e. The fourth-order valence-corrected chi connectivity index (χ4v) is 1.88. The lowest BCUT2D eigenvalue weighted by molar-refractivity contribution is -0.137. The lowest BCUT2D eigenvalue weighted by Crippen LogP contribution is -2.41. The Bertz CT molecular complexity index is 581. The van der Waals surface area contributed by atoms with Gasteiger partial charge in [-0.05, 0) is 39.8 Å². The lowest BCUT2D eigenvalue weighted by Gasteiger charge is -2.32. The molecule has 1 heterocycles. The van der Waals surface area contributed by atoms with E-state index in [2.05, 4.69) is 11.7 Å². The van der Waals surface area contributed by atoms with E-state index in [1.807, 2.05) is 27.7 Å². The summed E-state index contributed by atoms with van der Waals surface area (Å²) in [5.41, 5.74) is -1.96. The van der Waals surface area contributed by atoms with E-state index in [0.29, 0.717) is 0 Å². The van der Waals surface area contributed by atoms with Gasteiger partial charge in [0, 0.05) is 5.56 Å². The van der Waals surface area contributed by atoms with Crippen LogP contribution < -0.4 is 0 Å². The van der Waals surface area contributed by atoms with Gasteiger partial charge in [0.05, 0.1) is 16.8 Å². The van der Waals surface area contributed by atoms with Gasteiger partial charge in [-0.25, -0.2) is 0 Å². The molecule has 1 aliphatic heterocycles. The van der Waals surface area contributed by atoms with Gasteiger partial charge in [0.25, 0.3) is 0 Å². The summed E-state index contributed by atoms with van der Waals surface area (Å²) in [5, 5.41) is 0. The highest BCUT2D eigenvalue weighted by molar-refractivity contribution is 6.55. The Balaban J connectivity index is 2.27. The SMILES string of the molecule is CC1(C)OB(C#Cc2ccccc2C(F)(F)F)OC1(C)C. The summed E-state index contributed by atoms with van der Waals surface area (Å²) in [4.78, 5) is 0. The second-order valence-electron chi connectivity index (χ2n) is 5.90. The molecule has 6 heteroatoms. The van der Waals surface area contributed by atoms with Gasteiger partial charge in [0.15, 0.2) is 0 Å². The zero-order chi connectivity index (χ0) is 15.9. The van der Waals surface area contributed by atoms with Crippen molar-refractivity contribution in [1.82, 2.24) is 0 Å². The van der Waals surface area contributed by atoms with Crippen molar-refractivity contribution in [3.05, 3.63) is 35.4 Å². The number of hydrogen-bond acceptors (Lipinski definition) is 2. The van der Waals surface area contributed by atoms with Crippen molar-refractivity contribution in [1.29, 1.82) is 0 Å². The molecular formula is C15H16BF3O2. The fourth-order valence-electron chi connectivity index (χ4n) is 1.88. The molecule has 0 saturated carbocycles. The van der Waals surface area contributed by atoms with E-state index >= 15 is 0 Å². The molecule has 2 rings (SSSR count). The molecule has 1 fully saturated rings. The van der Waals surface area contributed by atoms with E-state index < -0.39 is 30.1 Å². The lowest BCUT2D eigenvalue weighted by atomic mass is 9.90. The molecule has 0 N–H and O–H groups in total. The van der Waals surface area contributed by atoms with Gasteiger partial charge in [-0.15, -0.1) is 0 Å². The molecule has 2 nitrogen and oxygen atoms in total. The third-order valence-electron chi connectivity index (χ3n) is 3.81. The fraction of sp³-hybridized carbons (Fsp3) is 0.467. The minimum absolute atomic E-state index is 0.0836. The summed E-state index contributed by atoms with van der Waals surface area (Å²) in [6, 6.07) is 5.20. The molecule has 0 atom stereocenters. The predicted octanol–water partition coefficient (Wildman–Crippen LogP) is 3.69. The first-order valence-corrected chi connectivity index (χ1v) is 6.56. The molecule has 1 aliphatic rings. The number of benzene rings is 1. The van der Waals surface area contributed by atoms with Crippen molar-refractivity contribution < 1.29 is 22.5 Å². The molecule has 0 radical (unpaired) electrons. The molecule has 1 saturated heterocycles. The average Bonchev–Trinajstić information content (AvgIpc) is 2.54. The maximum atomic E-state index is 12.9. The topological polar surface area (TPSA) is 18.5 Å². The van der Waals surface area contributed by atoms with Gasteiger partial charge in [-0.3, -0.25) is 0 Å². The standard InChI is InChI=1S/C15H16BF3O2/c1-13(2)14(3,4)21-16(20-13)10-9-11-7-5-6-8-12(11)15(17,18)19/h5-8H,1-4H3. The van der Waals surface area contributed by atoms with E-state index in [-0.39, 0.29) is 5.56 Å². The molecule has 112 valence electrons. The summed E-state index contributed by atoms with van der Waals surface area (Å²) >= 11 is 0. The Morgan fingerprint density at radius 3 is 2.05 bits per heavy atom. The van der Waals surface area contributed by atoms with Crippen LogP contribution in [0.15, 0.2) is 24.3 Å². The van der Waals surface area contributed by atoms with Crippen molar-refractivity contribution in [3.63, 3.8) is 0 Å². The summed E-state index contributed by atoms with van der Waals surface area (Å²) in [6.07, 6.45) is -4.43. The van der Waals surface area contributed by atoms with Gasteiger partial charge in [-0.1, -0.05) is 23.9 Å². The molecule has 0 spiro atoms. The van der Waals surface area contributed by atoms with Crippen LogP contribution in [0.1, 0.15) is 38.8 Å². The van der Waals surface area contributed by atoms with Gasteiger partial charge in [-0.2, -0.15) is 13.2 Å². The van der Waals surface area contributed by atoms with Crippen LogP contribution in [-0.4, -0.2) is 18.3 Å². The summed E-state index contributed by atoms with van der Waals surface area (Å²) in [5.74, 6) is 5.14. The number of halogens is 3. The molecule has 1 aromatic carbocycles. The molecule has 0 unspecified atom stereocenters. The van der Waals surface area contributed by atoms with Crippen molar-refractivity contribution >= 4 is 7.12 Å². The average molecular weight is 296 g/mol. The zero-order valence-electron chi connectivity index (χ0n) is 12.3. The van der Waals surface area contributed by atoms with Crippen molar-refractivity contribution in [2.24, 2.45) is 0 Å². The third kappa shape index (κ3) is 3.25. The number of alkyl halides is 3. The van der Waals surface area contributed by atoms with E-state index in [1.165, 1.54) is 18.2 Å². The largest absolute Gasteiger partial charge is 0.551 e. The Hall–Kier alpha value is -1.45. The van der Waals surface area contributed by atoms with Gasteiger partial charge in [0.2, 0.25) is 0 Å². The highest BCUT2D eigenvalue weighted by Gasteiger charge is 2.50. The molecule has 21 heavy (non-hydrogen) atoms. The summed E-state index contributed by atoms with van der Waals surface area (Å²) in [7, 11) is -0.837. The van der Waals surface area contributed by atoms with Crippen molar-refractivity contribution in [2.75, 3.05) is 0 Å². The van der Waals surface area contributed by atoms with Crippen LogP contribution in [0.2, 0.25) is 0 Å². The Morgan fingerprint density at radius 2 is 1.52 bits per heavy atom. The quantitative estimate of drug-likeness (QED) is 0.537. The first kappa shape index (κ1) is 15.9. The van der Waals surface area contributed by atoms with Crippen LogP contribution in [0, 0.1) is 11.7 Å². The first-order valence-electron chi connectivity index (χ1n) is 6.56. The highest BCUT2D eigenvalue weighted by atomic mass is 19.4.